The molecule has 0 aliphatic rings. The van der Waals surface area contributed by atoms with Crippen LogP contribution in [0.25, 0.3) is 0 Å². The van der Waals surface area contributed by atoms with Crippen LogP contribution in [-0.4, -0.2) is 15.1 Å². The third-order valence-electron chi connectivity index (χ3n) is 2.86. The second kappa shape index (κ2) is 5.80. The third kappa shape index (κ3) is 3.09. The normalized spacial score (nSPS) is 12.2. The van der Waals surface area contributed by atoms with Gasteiger partial charge >= 0.3 is 0 Å². The fourth-order valence-electron chi connectivity index (χ4n) is 1.85. The van der Waals surface area contributed by atoms with Gasteiger partial charge in [0.15, 0.2) is 5.75 Å². The van der Waals surface area contributed by atoms with E-state index in [1.54, 1.807) is 25.3 Å². The van der Waals surface area contributed by atoms with Crippen molar-refractivity contribution in [3.05, 3.63) is 47.4 Å². The lowest BCUT2D eigenvalue weighted by atomic mass is 10.2. The highest BCUT2D eigenvalue weighted by Gasteiger charge is 2.13. The Labute approximate surface area is 113 Å². The van der Waals surface area contributed by atoms with Crippen molar-refractivity contribution < 1.29 is 9.84 Å². The van der Waals surface area contributed by atoms with Gasteiger partial charge in [-0.05, 0) is 44.5 Å². The van der Waals surface area contributed by atoms with Crippen molar-refractivity contribution in [3.63, 3.8) is 0 Å². The van der Waals surface area contributed by atoms with Crippen molar-refractivity contribution in [2.75, 3.05) is 0 Å². The zero-order valence-corrected chi connectivity index (χ0v) is 11.4. The van der Waals surface area contributed by atoms with E-state index in [9.17, 15) is 5.11 Å². The Kier molecular flexibility index (Phi) is 4.12. The van der Waals surface area contributed by atoms with Crippen LogP contribution in [-0.2, 0) is 6.42 Å². The summed E-state index contributed by atoms with van der Waals surface area (Å²) < 4.78 is 5.81. The number of aliphatic hydroxyl groups is 1. The molecule has 2 heterocycles. The van der Waals surface area contributed by atoms with E-state index >= 15 is 0 Å². The maximum atomic E-state index is 9.72. The Balaban J connectivity index is 2.36. The Bertz CT molecular complexity index is 568. The molecule has 0 spiro atoms. The minimum absolute atomic E-state index is 0.429. The molecular weight excluding hydrogens is 240 g/mol. The summed E-state index contributed by atoms with van der Waals surface area (Å²) in [6, 6.07) is 7.38. The number of aryl methyl sites for hydroxylation is 2. The Morgan fingerprint density at radius 3 is 2.79 bits per heavy atom. The lowest BCUT2D eigenvalue weighted by Crippen LogP contribution is -2.01. The van der Waals surface area contributed by atoms with Gasteiger partial charge in [0.2, 0.25) is 5.88 Å². The first-order valence-corrected chi connectivity index (χ1v) is 6.39. The molecule has 0 saturated heterocycles. The lowest BCUT2D eigenvalue weighted by molar-refractivity contribution is 0.194. The molecule has 0 fully saturated rings. The van der Waals surface area contributed by atoms with Gasteiger partial charge in [0, 0.05) is 17.5 Å². The SMILES string of the molecule is CCc1nc(C)ccc1Oc1ncccc1C(C)O. The van der Waals surface area contributed by atoms with E-state index in [-0.39, 0.29) is 0 Å². The number of pyridine rings is 2. The molecule has 1 N–H and O–H groups in total. The molecule has 0 bridgehead atoms. The van der Waals surface area contributed by atoms with Crippen molar-refractivity contribution in [1.82, 2.24) is 9.97 Å². The third-order valence-corrected chi connectivity index (χ3v) is 2.86. The number of hydrogen-bond donors (Lipinski definition) is 1. The second-order valence-corrected chi connectivity index (χ2v) is 4.43. The van der Waals surface area contributed by atoms with Crippen molar-refractivity contribution in [3.8, 4) is 11.6 Å². The predicted octanol–water partition coefficient (Wildman–Crippen LogP) is 3.19. The molecule has 2 aromatic rings. The van der Waals surface area contributed by atoms with E-state index in [2.05, 4.69) is 9.97 Å². The fourth-order valence-corrected chi connectivity index (χ4v) is 1.85. The van der Waals surface area contributed by atoms with Gasteiger partial charge in [0.1, 0.15) is 0 Å². The summed E-state index contributed by atoms with van der Waals surface area (Å²) in [5.41, 5.74) is 2.52. The van der Waals surface area contributed by atoms with Gasteiger partial charge in [-0.3, -0.25) is 4.98 Å². The van der Waals surface area contributed by atoms with Crippen molar-refractivity contribution in [2.45, 2.75) is 33.3 Å². The molecule has 1 atom stereocenters. The zero-order chi connectivity index (χ0) is 13.8. The number of aromatic nitrogens is 2. The van der Waals surface area contributed by atoms with E-state index in [0.29, 0.717) is 17.2 Å². The average molecular weight is 258 g/mol. The summed E-state index contributed by atoms with van der Waals surface area (Å²) in [5, 5.41) is 9.72. The molecule has 2 rings (SSSR count). The Morgan fingerprint density at radius 1 is 1.32 bits per heavy atom. The number of ether oxygens (including phenoxy) is 1. The first-order chi connectivity index (χ1) is 9.11. The minimum atomic E-state index is -0.618. The number of hydrogen-bond acceptors (Lipinski definition) is 4. The maximum absolute atomic E-state index is 9.72. The molecule has 0 radical (unpaired) electrons. The molecule has 1 unspecified atom stereocenters. The van der Waals surface area contributed by atoms with Crippen LogP contribution in [0, 0.1) is 6.92 Å². The van der Waals surface area contributed by atoms with E-state index in [4.69, 9.17) is 4.74 Å². The van der Waals surface area contributed by atoms with Gasteiger partial charge in [0.25, 0.3) is 0 Å². The maximum Gasteiger partial charge on any atom is 0.225 e. The molecule has 0 aliphatic carbocycles. The van der Waals surface area contributed by atoms with Gasteiger partial charge in [-0.2, -0.15) is 0 Å². The van der Waals surface area contributed by atoms with Crippen LogP contribution in [0.4, 0.5) is 0 Å². The van der Waals surface area contributed by atoms with Crippen molar-refractivity contribution >= 4 is 0 Å². The smallest absolute Gasteiger partial charge is 0.225 e. The minimum Gasteiger partial charge on any atom is -0.437 e. The molecular formula is C15H18N2O2. The number of rotatable bonds is 4. The zero-order valence-electron chi connectivity index (χ0n) is 11.4. The molecule has 0 aromatic carbocycles. The first kappa shape index (κ1) is 13.5. The Hall–Kier alpha value is -1.94. The first-order valence-electron chi connectivity index (χ1n) is 6.39. The van der Waals surface area contributed by atoms with Crippen LogP contribution < -0.4 is 4.74 Å². The van der Waals surface area contributed by atoms with Crippen LogP contribution in [0.3, 0.4) is 0 Å². The van der Waals surface area contributed by atoms with Gasteiger partial charge in [-0.1, -0.05) is 6.92 Å². The lowest BCUT2D eigenvalue weighted by Gasteiger charge is -2.13. The predicted molar refractivity (Wildman–Crippen MR) is 73.3 cm³/mol. The van der Waals surface area contributed by atoms with E-state index in [1.165, 1.54) is 0 Å². The largest absolute Gasteiger partial charge is 0.437 e. The molecule has 4 nitrogen and oxygen atoms in total. The molecule has 100 valence electrons. The van der Waals surface area contributed by atoms with E-state index < -0.39 is 6.10 Å². The number of nitrogens with zero attached hydrogens (tertiary/aromatic N) is 2. The van der Waals surface area contributed by atoms with Crippen molar-refractivity contribution in [2.24, 2.45) is 0 Å². The van der Waals surface area contributed by atoms with Crippen LogP contribution in [0.15, 0.2) is 30.5 Å². The quantitative estimate of drug-likeness (QED) is 0.915. The summed E-state index contributed by atoms with van der Waals surface area (Å²) in [6.07, 6.45) is 1.81. The highest BCUT2D eigenvalue weighted by atomic mass is 16.5. The number of aliphatic hydroxyl groups excluding tert-OH is 1. The van der Waals surface area contributed by atoms with Gasteiger partial charge in [-0.25, -0.2) is 4.98 Å². The van der Waals surface area contributed by atoms with Gasteiger partial charge < -0.3 is 9.84 Å². The molecule has 2 aromatic heterocycles. The molecule has 19 heavy (non-hydrogen) atoms. The van der Waals surface area contributed by atoms with Gasteiger partial charge in [0.05, 0.1) is 11.8 Å². The van der Waals surface area contributed by atoms with Crippen LogP contribution in [0.5, 0.6) is 11.6 Å². The highest BCUT2D eigenvalue weighted by Crippen LogP contribution is 2.29. The molecule has 0 saturated carbocycles. The summed E-state index contributed by atoms with van der Waals surface area (Å²) in [4.78, 5) is 8.63. The summed E-state index contributed by atoms with van der Waals surface area (Å²) in [5.74, 6) is 1.12. The molecule has 4 heteroatoms. The summed E-state index contributed by atoms with van der Waals surface area (Å²) in [6.45, 7) is 5.67. The summed E-state index contributed by atoms with van der Waals surface area (Å²) in [7, 11) is 0. The van der Waals surface area contributed by atoms with Crippen LogP contribution >= 0.6 is 0 Å². The molecule has 0 aliphatic heterocycles. The van der Waals surface area contributed by atoms with E-state index in [1.807, 2.05) is 26.0 Å². The second-order valence-electron chi connectivity index (χ2n) is 4.43. The average Bonchev–Trinajstić information content (AvgIpc) is 2.41. The Morgan fingerprint density at radius 2 is 2.11 bits per heavy atom. The van der Waals surface area contributed by atoms with E-state index in [0.717, 1.165) is 17.8 Å². The highest BCUT2D eigenvalue weighted by molar-refractivity contribution is 5.36. The van der Waals surface area contributed by atoms with Crippen LogP contribution in [0.2, 0.25) is 0 Å². The van der Waals surface area contributed by atoms with Gasteiger partial charge in [-0.15, -0.1) is 0 Å². The van der Waals surface area contributed by atoms with Crippen LogP contribution in [0.1, 0.15) is 36.9 Å². The van der Waals surface area contributed by atoms with Crippen molar-refractivity contribution in [1.29, 1.82) is 0 Å². The topological polar surface area (TPSA) is 55.2 Å². The summed E-state index contributed by atoms with van der Waals surface area (Å²) >= 11 is 0. The molecule has 0 amide bonds. The standard InChI is InChI=1S/C15H18N2O2/c1-4-13-14(8-7-10(2)17-13)19-15-12(11(3)18)6-5-9-16-15/h5-9,11,18H,4H2,1-3H3. The fraction of sp³-hybridized carbons (Fsp3) is 0.333. The monoisotopic (exact) mass is 258 g/mol.